The molecule has 1 amide bonds. The molecule has 0 bridgehead atoms. The summed E-state index contributed by atoms with van der Waals surface area (Å²) in [6.07, 6.45) is 0. The number of hydrogen-bond acceptors (Lipinski definition) is 7. The van der Waals surface area contributed by atoms with Gasteiger partial charge in [-0.2, -0.15) is 0 Å². The van der Waals surface area contributed by atoms with E-state index in [9.17, 15) is 19.7 Å². The molecule has 2 rings (SSSR count). The number of hydrogen-bond donors (Lipinski definition) is 1. The standard InChI is InChI=1S/C16H16N2O6S/c1-2-23-14-6-5-11(8-13(14)18(21)22)16(20)24-10-15(19)17-9-12-4-3-7-25-12/h3-8H,2,9-10H2,1H3,(H,17,19). The molecule has 2 aromatic rings. The number of nitro benzene ring substituents is 1. The zero-order valence-electron chi connectivity index (χ0n) is 13.4. The van der Waals surface area contributed by atoms with Crippen LogP contribution >= 0.6 is 11.3 Å². The van der Waals surface area contributed by atoms with Gasteiger partial charge >= 0.3 is 11.7 Å². The van der Waals surface area contributed by atoms with Gasteiger partial charge in [0.05, 0.1) is 23.6 Å². The normalized spacial score (nSPS) is 10.1. The lowest BCUT2D eigenvalue weighted by atomic mass is 10.2. The number of esters is 1. The summed E-state index contributed by atoms with van der Waals surface area (Å²) in [7, 11) is 0. The maximum Gasteiger partial charge on any atom is 0.338 e. The molecular formula is C16H16N2O6S. The van der Waals surface area contributed by atoms with E-state index in [1.165, 1.54) is 23.5 Å². The van der Waals surface area contributed by atoms with Crippen molar-refractivity contribution in [3.63, 3.8) is 0 Å². The third-order valence-electron chi connectivity index (χ3n) is 3.07. The summed E-state index contributed by atoms with van der Waals surface area (Å²) in [6.45, 7) is 1.84. The fourth-order valence-electron chi connectivity index (χ4n) is 1.93. The number of amides is 1. The molecular weight excluding hydrogens is 348 g/mol. The van der Waals surface area contributed by atoms with Crippen molar-refractivity contribution in [3.8, 4) is 5.75 Å². The van der Waals surface area contributed by atoms with Gasteiger partial charge in [0.1, 0.15) is 0 Å². The Morgan fingerprint density at radius 3 is 2.76 bits per heavy atom. The van der Waals surface area contributed by atoms with Crippen molar-refractivity contribution in [2.45, 2.75) is 13.5 Å². The van der Waals surface area contributed by atoms with Crippen LogP contribution in [-0.2, 0) is 16.1 Å². The van der Waals surface area contributed by atoms with Crippen molar-refractivity contribution in [2.75, 3.05) is 13.2 Å². The molecule has 0 saturated carbocycles. The van der Waals surface area contributed by atoms with Crippen molar-refractivity contribution >= 4 is 28.9 Å². The quantitative estimate of drug-likeness (QED) is 0.438. The molecule has 25 heavy (non-hydrogen) atoms. The van der Waals surface area contributed by atoms with Gasteiger partial charge in [0.2, 0.25) is 0 Å². The lowest BCUT2D eigenvalue weighted by Gasteiger charge is -2.07. The average Bonchev–Trinajstić information content (AvgIpc) is 3.11. The number of carbonyl (C=O) groups excluding carboxylic acids is 2. The van der Waals surface area contributed by atoms with Crippen LogP contribution in [0.15, 0.2) is 35.7 Å². The molecule has 1 aromatic heterocycles. The molecule has 0 unspecified atom stereocenters. The summed E-state index contributed by atoms with van der Waals surface area (Å²) in [4.78, 5) is 35.0. The van der Waals surface area contributed by atoms with Gasteiger partial charge in [-0.1, -0.05) is 6.07 Å². The summed E-state index contributed by atoms with van der Waals surface area (Å²) >= 11 is 1.50. The van der Waals surface area contributed by atoms with Gasteiger partial charge in [-0.05, 0) is 30.5 Å². The SMILES string of the molecule is CCOc1ccc(C(=O)OCC(=O)NCc2cccs2)cc1[N+](=O)[O-]. The van der Waals surface area contributed by atoms with Crippen LogP contribution in [0.2, 0.25) is 0 Å². The van der Waals surface area contributed by atoms with Crippen molar-refractivity contribution in [3.05, 3.63) is 56.3 Å². The third kappa shape index (κ3) is 5.28. The minimum absolute atomic E-state index is 0.0267. The lowest BCUT2D eigenvalue weighted by Crippen LogP contribution is -2.28. The number of carbonyl (C=O) groups is 2. The van der Waals surface area contributed by atoms with E-state index in [2.05, 4.69) is 5.32 Å². The van der Waals surface area contributed by atoms with Crippen molar-refractivity contribution in [1.29, 1.82) is 0 Å². The van der Waals surface area contributed by atoms with E-state index >= 15 is 0 Å². The summed E-state index contributed by atoms with van der Waals surface area (Å²) in [6, 6.07) is 7.48. The van der Waals surface area contributed by atoms with E-state index < -0.39 is 23.4 Å². The van der Waals surface area contributed by atoms with Crippen LogP contribution in [0.5, 0.6) is 5.75 Å². The number of thiophene rings is 1. The molecule has 0 fully saturated rings. The highest BCUT2D eigenvalue weighted by Gasteiger charge is 2.19. The summed E-state index contributed by atoms with van der Waals surface area (Å²) in [5.41, 5.74) is -0.361. The van der Waals surface area contributed by atoms with Crippen LogP contribution in [0.4, 0.5) is 5.69 Å². The molecule has 0 aliphatic heterocycles. The van der Waals surface area contributed by atoms with Crippen LogP contribution < -0.4 is 10.1 Å². The topological polar surface area (TPSA) is 108 Å². The summed E-state index contributed by atoms with van der Waals surface area (Å²) in [5, 5.41) is 15.5. The monoisotopic (exact) mass is 364 g/mol. The second-order valence-electron chi connectivity index (χ2n) is 4.80. The zero-order valence-corrected chi connectivity index (χ0v) is 14.2. The fraction of sp³-hybridized carbons (Fsp3) is 0.250. The number of nitro groups is 1. The maximum atomic E-state index is 12.0. The smallest absolute Gasteiger partial charge is 0.338 e. The Hall–Kier alpha value is -2.94. The average molecular weight is 364 g/mol. The Labute approximate surface area is 147 Å². The van der Waals surface area contributed by atoms with E-state index in [1.54, 1.807) is 6.92 Å². The van der Waals surface area contributed by atoms with Gasteiger partial charge < -0.3 is 14.8 Å². The number of rotatable bonds is 8. The van der Waals surface area contributed by atoms with E-state index in [4.69, 9.17) is 9.47 Å². The number of nitrogens with zero attached hydrogens (tertiary/aromatic N) is 1. The Morgan fingerprint density at radius 2 is 2.12 bits per heavy atom. The second-order valence-corrected chi connectivity index (χ2v) is 5.84. The fourth-order valence-corrected chi connectivity index (χ4v) is 2.57. The highest BCUT2D eigenvalue weighted by atomic mass is 32.1. The minimum Gasteiger partial charge on any atom is -0.487 e. The molecule has 0 saturated heterocycles. The Balaban J connectivity index is 1.92. The molecule has 8 nitrogen and oxygen atoms in total. The first-order valence-corrected chi connectivity index (χ1v) is 8.26. The third-order valence-corrected chi connectivity index (χ3v) is 3.94. The highest BCUT2D eigenvalue weighted by molar-refractivity contribution is 7.09. The molecule has 1 heterocycles. The first-order chi connectivity index (χ1) is 12.0. The van der Waals surface area contributed by atoms with E-state index in [1.807, 2.05) is 17.5 Å². The lowest BCUT2D eigenvalue weighted by molar-refractivity contribution is -0.385. The zero-order chi connectivity index (χ0) is 18.2. The van der Waals surface area contributed by atoms with Crippen LogP contribution in [0.1, 0.15) is 22.2 Å². The largest absolute Gasteiger partial charge is 0.487 e. The van der Waals surface area contributed by atoms with E-state index in [0.29, 0.717) is 6.54 Å². The van der Waals surface area contributed by atoms with Gasteiger partial charge in [-0.15, -0.1) is 11.3 Å². The van der Waals surface area contributed by atoms with Crippen molar-refractivity contribution < 1.29 is 24.0 Å². The number of ether oxygens (including phenoxy) is 2. The van der Waals surface area contributed by atoms with Crippen LogP contribution in [0, 0.1) is 10.1 Å². The first-order valence-electron chi connectivity index (χ1n) is 7.38. The second kappa shape index (κ2) is 8.78. The number of benzene rings is 1. The van der Waals surface area contributed by atoms with Crippen LogP contribution in [0.3, 0.4) is 0 Å². The van der Waals surface area contributed by atoms with Crippen LogP contribution in [-0.4, -0.2) is 30.0 Å². The summed E-state index contributed by atoms with van der Waals surface area (Å²) < 4.78 is 10.0. The van der Waals surface area contributed by atoms with E-state index in [-0.39, 0.29) is 23.6 Å². The van der Waals surface area contributed by atoms with Gasteiger partial charge in [0.25, 0.3) is 5.91 Å². The molecule has 0 radical (unpaired) electrons. The van der Waals surface area contributed by atoms with Gasteiger partial charge in [0.15, 0.2) is 12.4 Å². The van der Waals surface area contributed by atoms with Gasteiger partial charge in [-0.3, -0.25) is 14.9 Å². The molecule has 1 aromatic carbocycles. The molecule has 0 atom stereocenters. The molecule has 1 N–H and O–H groups in total. The van der Waals surface area contributed by atoms with Gasteiger partial charge in [-0.25, -0.2) is 4.79 Å². The Bertz CT molecular complexity index is 760. The van der Waals surface area contributed by atoms with Crippen LogP contribution in [0.25, 0.3) is 0 Å². The maximum absolute atomic E-state index is 12.0. The molecule has 132 valence electrons. The first kappa shape index (κ1) is 18.4. The predicted octanol–water partition coefficient (Wildman–Crippen LogP) is 2.53. The van der Waals surface area contributed by atoms with E-state index in [0.717, 1.165) is 10.9 Å². The minimum atomic E-state index is -0.822. The molecule has 9 heteroatoms. The van der Waals surface area contributed by atoms with Gasteiger partial charge in [0, 0.05) is 10.9 Å². The Kier molecular flexibility index (Phi) is 6.47. The highest BCUT2D eigenvalue weighted by Crippen LogP contribution is 2.28. The predicted molar refractivity (Wildman–Crippen MR) is 90.7 cm³/mol. The summed E-state index contributed by atoms with van der Waals surface area (Å²) in [5.74, 6) is -1.21. The molecule has 0 aliphatic rings. The molecule has 0 spiro atoms. The molecule has 0 aliphatic carbocycles. The Morgan fingerprint density at radius 1 is 1.32 bits per heavy atom. The number of nitrogens with one attached hydrogen (secondary N) is 1. The van der Waals surface area contributed by atoms with Crippen molar-refractivity contribution in [2.24, 2.45) is 0 Å². The van der Waals surface area contributed by atoms with Crippen molar-refractivity contribution in [1.82, 2.24) is 5.32 Å².